The molecular formula is C21H29N5O. The fourth-order valence-corrected chi connectivity index (χ4v) is 3.42. The molecule has 6 heteroatoms. The topological polar surface area (TPSA) is 44.2 Å². The van der Waals surface area contributed by atoms with Crippen molar-refractivity contribution in [1.29, 1.82) is 0 Å². The second-order valence-electron chi connectivity index (χ2n) is 6.70. The highest BCUT2D eigenvalue weighted by Gasteiger charge is 2.30. The molecule has 0 N–H and O–H groups in total. The fraction of sp³-hybridized carbons (Fsp3) is 0.429. The fourth-order valence-electron chi connectivity index (χ4n) is 3.42. The number of allylic oxidation sites excluding steroid dienone is 1. The first-order chi connectivity index (χ1) is 13.0. The first kappa shape index (κ1) is 19.2. The molecule has 0 saturated carbocycles. The van der Waals surface area contributed by atoms with Gasteiger partial charge in [-0.2, -0.15) is 0 Å². The number of aliphatic imine (C=N–C) groups is 1. The predicted octanol–water partition coefficient (Wildman–Crippen LogP) is 2.79. The van der Waals surface area contributed by atoms with E-state index in [1.165, 1.54) is 0 Å². The summed E-state index contributed by atoms with van der Waals surface area (Å²) in [5.41, 5.74) is 3.89. The standard InChI is InChI=1S/C21H29N5O/c1-6-25(7-2)17(4)20-15-26(12-13-27-20)21-23-19(14-16(3)24(21)5)18-8-10-22-11-9-18/h8-11,14,20H,3-4,6-7,12-13,15H2,1-2,5H3. The molecular weight excluding hydrogens is 338 g/mol. The molecule has 1 aromatic rings. The first-order valence-corrected chi connectivity index (χ1v) is 9.48. The highest BCUT2D eigenvalue weighted by Crippen LogP contribution is 2.26. The molecule has 0 aliphatic carbocycles. The lowest BCUT2D eigenvalue weighted by molar-refractivity contribution is -0.00102. The maximum absolute atomic E-state index is 6.02. The molecule has 27 heavy (non-hydrogen) atoms. The Morgan fingerprint density at radius 1 is 1.30 bits per heavy atom. The number of likely N-dealkylation sites (N-methyl/N-ethyl adjacent to an activating group) is 2. The van der Waals surface area contributed by atoms with Crippen LogP contribution < -0.4 is 0 Å². The van der Waals surface area contributed by atoms with E-state index < -0.39 is 0 Å². The van der Waals surface area contributed by atoms with Crippen molar-refractivity contribution in [3.05, 3.63) is 60.7 Å². The number of nitrogens with zero attached hydrogens (tertiary/aromatic N) is 5. The summed E-state index contributed by atoms with van der Waals surface area (Å²) < 4.78 is 6.02. The molecule has 0 amide bonds. The van der Waals surface area contributed by atoms with Crippen molar-refractivity contribution in [2.75, 3.05) is 39.8 Å². The molecule has 144 valence electrons. The Balaban J connectivity index is 1.83. The lowest BCUT2D eigenvalue weighted by atomic mass is 10.1. The highest BCUT2D eigenvalue weighted by molar-refractivity contribution is 5.91. The molecule has 1 saturated heterocycles. The minimum atomic E-state index is -0.0294. The van der Waals surface area contributed by atoms with E-state index in [1.54, 1.807) is 12.4 Å². The van der Waals surface area contributed by atoms with Crippen LogP contribution in [0.5, 0.6) is 0 Å². The number of hydrogen-bond acceptors (Lipinski definition) is 6. The summed E-state index contributed by atoms with van der Waals surface area (Å²) in [4.78, 5) is 15.6. The second-order valence-corrected chi connectivity index (χ2v) is 6.70. The summed E-state index contributed by atoms with van der Waals surface area (Å²) in [5, 5.41) is 0. The molecule has 0 aromatic carbocycles. The van der Waals surface area contributed by atoms with Gasteiger partial charge in [-0.1, -0.05) is 13.2 Å². The molecule has 0 bridgehead atoms. The molecule has 1 aromatic heterocycles. The minimum Gasteiger partial charge on any atom is -0.374 e. The summed E-state index contributed by atoms with van der Waals surface area (Å²) in [6.07, 6.45) is 5.54. The predicted molar refractivity (Wildman–Crippen MR) is 110 cm³/mol. The van der Waals surface area contributed by atoms with Gasteiger partial charge in [0.05, 0.1) is 18.8 Å². The molecule has 6 nitrogen and oxygen atoms in total. The third-order valence-corrected chi connectivity index (χ3v) is 5.12. The number of morpholine rings is 1. The van der Waals surface area contributed by atoms with Crippen LogP contribution in [-0.4, -0.2) is 71.6 Å². The largest absolute Gasteiger partial charge is 0.374 e. The number of aromatic nitrogens is 1. The number of pyridine rings is 1. The van der Waals surface area contributed by atoms with Gasteiger partial charge in [-0.3, -0.25) is 4.98 Å². The van der Waals surface area contributed by atoms with Crippen molar-refractivity contribution in [3.8, 4) is 0 Å². The van der Waals surface area contributed by atoms with E-state index in [0.29, 0.717) is 6.61 Å². The smallest absolute Gasteiger partial charge is 0.206 e. The molecule has 0 radical (unpaired) electrons. The van der Waals surface area contributed by atoms with Crippen molar-refractivity contribution in [3.63, 3.8) is 0 Å². The van der Waals surface area contributed by atoms with E-state index in [4.69, 9.17) is 9.73 Å². The van der Waals surface area contributed by atoms with E-state index in [1.807, 2.05) is 30.2 Å². The van der Waals surface area contributed by atoms with E-state index >= 15 is 0 Å². The van der Waals surface area contributed by atoms with Gasteiger partial charge in [0, 0.05) is 56.0 Å². The summed E-state index contributed by atoms with van der Waals surface area (Å²) >= 11 is 0. The lowest BCUT2D eigenvalue weighted by Gasteiger charge is -2.41. The Morgan fingerprint density at radius 3 is 2.67 bits per heavy atom. The van der Waals surface area contributed by atoms with Gasteiger partial charge in [-0.25, -0.2) is 4.99 Å². The van der Waals surface area contributed by atoms with E-state index in [9.17, 15) is 0 Å². The number of ether oxygens (including phenoxy) is 1. The molecule has 1 fully saturated rings. The van der Waals surface area contributed by atoms with Gasteiger partial charge >= 0.3 is 0 Å². The van der Waals surface area contributed by atoms with Crippen LogP contribution in [0.15, 0.2) is 60.1 Å². The Labute approximate surface area is 162 Å². The Morgan fingerprint density at radius 2 is 2.00 bits per heavy atom. The van der Waals surface area contributed by atoms with Crippen LogP contribution >= 0.6 is 0 Å². The summed E-state index contributed by atoms with van der Waals surface area (Å²) in [6, 6.07) is 3.94. The number of guanidine groups is 1. The van der Waals surface area contributed by atoms with Crippen LogP contribution in [-0.2, 0) is 4.74 Å². The lowest BCUT2D eigenvalue weighted by Crippen LogP contribution is -2.52. The zero-order valence-corrected chi connectivity index (χ0v) is 16.6. The van der Waals surface area contributed by atoms with Gasteiger partial charge in [0.15, 0.2) is 0 Å². The zero-order valence-electron chi connectivity index (χ0n) is 16.6. The maximum atomic E-state index is 6.02. The van der Waals surface area contributed by atoms with Crippen molar-refractivity contribution in [2.24, 2.45) is 4.99 Å². The number of hydrogen-bond donors (Lipinski definition) is 0. The van der Waals surface area contributed by atoms with Gasteiger partial charge in [0.25, 0.3) is 0 Å². The van der Waals surface area contributed by atoms with Crippen molar-refractivity contribution in [2.45, 2.75) is 20.0 Å². The monoisotopic (exact) mass is 367 g/mol. The zero-order chi connectivity index (χ0) is 19.4. The molecule has 2 aliphatic rings. The minimum absolute atomic E-state index is 0.0294. The summed E-state index contributed by atoms with van der Waals surface area (Å²) in [6.45, 7) is 16.8. The van der Waals surface area contributed by atoms with Gasteiger partial charge in [-0.05, 0) is 32.1 Å². The average molecular weight is 367 g/mol. The molecule has 3 heterocycles. The average Bonchev–Trinajstić information content (AvgIpc) is 2.71. The number of rotatable bonds is 5. The normalized spacial score (nSPS) is 20.3. The van der Waals surface area contributed by atoms with Crippen LogP contribution in [0.1, 0.15) is 19.4 Å². The Bertz CT molecular complexity index is 751. The molecule has 1 atom stereocenters. The van der Waals surface area contributed by atoms with Crippen molar-refractivity contribution >= 4 is 11.7 Å². The van der Waals surface area contributed by atoms with Crippen molar-refractivity contribution in [1.82, 2.24) is 19.7 Å². The van der Waals surface area contributed by atoms with Gasteiger partial charge < -0.3 is 19.4 Å². The van der Waals surface area contributed by atoms with Crippen LogP contribution in [0.25, 0.3) is 5.70 Å². The van der Waals surface area contributed by atoms with Crippen molar-refractivity contribution < 1.29 is 4.74 Å². The molecule has 1 unspecified atom stereocenters. The van der Waals surface area contributed by atoms with E-state index in [-0.39, 0.29) is 6.10 Å². The van der Waals surface area contributed by atoms with Gasteiger partial charge in [0.2, 0.25) is 5.96 Å². The first-order valence-electron chi connectivity index (χ1n) is 9.48. The second kappa shape index (κ2) is 8.39. The third-order valence-electron chi connectivity index (χ3n) is 5.12. The maximum Gasteiger partial charge on any atom is 0.206 e. The highest BCUT2D eigenvalue weighted by atomic mass is 16.5. The Hall–Kier alpha value is -2.60. The quantitative estimate of drug-likeness (QED) is 0.801. The van der Waals surface area contributed by atoms with E-state index in [2.05, 4.69) is 41.8 Å². The molecule has 0 spiro atoms. The van der Waals surface area contributed by atoms with Crippen LogP contribution in [0.2, 0.25) is 0 Å². The van der Waals surface area contributed by atoms with Gasteiger partial charge in [-0.15, -0.1) is 0 Å². The van der Waals surface area contributed by atoms with Gasteiger partial charge in [0.1, 0.15) is 6.10 Å². The summed E-state index contributed by atoms with van der Waals surface area (Å²) in [7, 11) is 2.00. The molecule has 3 rings (SSSR count). The molecule has 2 aliphatic heterocycles. The van der Waals surface area contributed by atoms with E-state index in [0.717, 1.165) is 54.8 Å². The van der Waals surface area contributed by atoms with Crippen LogP contribution in [0, 0.1) is 0 Å². The summed E-state index contributed by atoms with van der Waals surface area (Å²) in [5.74, 6) is 0.898. The van der Waals surface area contributed by atoms with Crippen LogP contribution in [0.3, 0.4) is 0 Å². The van der Waals surface area contributed by atoms with Crippen LogP contribution in [0.4, 0.5) is 0 Å². The SMILES string of the molecule is C=C(C1CN(C2=NC(c3ccncc3)=CC(=C)N2C)CCO1)N(CC)CC. The third kappa shape index (κ3) is 4.06. The Kier molecular flexibility index (Phi) is 5.96.